The third-order valence-corrected chi connectivity index (χ3v) is 3.02. The highest BCUT2D eigenvalue weighted by molar-refractivity contribution is 5.97. The molecule has 1 aromatic carbocycles. The highest BCUT2D eigenvalue weighted by atomic mass is 16.1. The zero-order chi connectivity index (χ0) is 11.4. The van der Waals surface area contributed by atoms with Crippen molar-refractivity contribution in [2.45, 2.75) is 32.2 Å². The van der Waals surface area contributed by atoms with Crippen LogP contribution in [0.1, 0.15) is 37.8 Å². The lowest BCUT2D eigenvalue weighted by Crippen LogP contribution is -2.13. The number of benzene rings is 1. The second-order valence-electron chi connectivity index (χ2n) is 4.25. The number of allylic oxidation sites excluding steroid dienone is 1. The number of Topliss-reactive ketones (excluding diaryl/α,β-unsaturated/α-hetero) is 1. The van der Waals surface area contributed by atoms with Crippen molar-refractivity contribution in [2.24, 2.45) is 0 Å². The maximum Gasteiger partial charge on any atom is 0.160 e. The minimum Gasteiger partial charge on any atom is -0.384 e. The molecule has 16 heavy (non-hydrogen) atoms. The molecule has 1 N–H and O–H groups in total. The molecular formula is C14H17NO. The van der Waals surface area contributed by atoms with Gasteiger partial charge in [-0.15, -0.1) is 0 Å². The van der Waals surface area contributed by atoms with Crippen LogP contribution in [0, 0.1) is 0 Å². The van der Waals surface area contributed by atoms with Crippen LogP contribution in [-0.2, 0) is 4.79 Å². The Morgan fingerprint density at radius 3 is 2.62 bits per heavy atom. The van der Waals surface area contributed by atoms with Crippen LogP contribution in [0.25, 0.3) is 0 Å². The Morgan fingerprint density at radius 2 is 2.00 bits per heavy atom. The van der Waals surface area contributed by atoms with Crippen molar-refractivity contribution in [3.63, 3.8) is 0 Å². The number of hydrogen-bond donors (Lipinski definition) is 1. The summed E-state index contributed by atoms with van der Waals surface area (Å²) in [6, 6.07) is 10.5. The van der Waals surface area contributed by atoms with Crippen LogP contribution >= 0.6 is 0 Å². The minimum absolute atomic E-state index is 0.252. The lowest BCUT2D eigenvalue weighted by atomic mass is 10.1. The number of ketones is 1. The summed E-state index contributed by atoms with van der Waals surface area (Å²) >= 11 is 0. The maximum atomic E-state index is 11.4. The van der Waals surface area contributed by atoms with Crippen LogP contribution < -0.4 is 5.32 Å². The molecule has 84 valence electrons. The normalized spacial score (nSPS) is 20.1. The fraction of sp³-hybridized carbons (Fsp3) is 0.357. The first-order valence-electron chi connectivity index (χ1n) is 5.80. The second-order valence-corrected chi connectivity index (χ2v) is 4.25. The zero-order valence-corrected chi connectivity index (χ0v) is 9.57. The van der Waals surface area contributed by atoms with Crippen molar-refractivity contribution < 1.29 is 4.79 Å². The molecule has 1 aliphatic carbocycles. The van der Waals surface area contributed by atoms with Crippen molar-refractivity contribution in [1.29, 1.82) is 0 Å². The number of hydrogen-bond acceptors (Lipinski definition) is 2. The molecule has 0 bridgehead atoms. The summed E-state index contributed by atoms with van der Waals surface area (Å²) in [5.41, 5.74) is 2.19. The van der Waals surface area contributed by atoms with Gasteiger partial charge in [0.15, 0.2) is 5.78 Å². The van der Waals surface area contributed by atoms with Crippen molar-refractivity contribution in [1.82, 2.24) is 5.32 Å². The van der Waals surface area contributed by atoms with Crippen LogP contribution in [0.2, 0.25) is 0 Å². The number of rotatable bonds is 3. The van der Waals surface area contributed by atoms with Gasteiger partial charge in [-0.3, -0.25) is 4.79 Å². The van der Waals surface area contributed by atoms with E-state index in [1.165, 1.54) is 5.56 Å². The maximum absolute atomic E-state index is 11.4. The molecule has 1 aromatic rings. The van der Waals surface area contributed by atoms with Gasteiger partial charge < -0.3 is 5.32 Å². The summed E-state index contributed by atoms with van der Waals surface area (Å²) in [7, 11) is 0. The average molecular weight is 215 g/mol. The van der Waals surface area contributed by atoms with Gasteiger partial charge in [-0.2, -0.15) is 0 Å². The third kappa shape index (κ3) is 2.51. The van der Waals surface area contributed by atoms with Gasteiger partial charge in [0.25, 0.3) is 0 Å². The Balaban J connectivity index is 1.98. The van der Waals surface area contributed by atoms with Gasteiger partial charge >= 0.3 is 0 Å². The monoisotopic (exact) mass is 215 g/mol. The Kier molecular flexibility index (Phi) is 3.40. The topological polar surface area (TPSA) is 29.1 Å². The molecule has 0 unspecified atom stereocenters. The van der Waals surface area contributed by atoms with E-state index in [1.807, 2.05) is 24.4 Å². The summed E-state index contributed by atoms with van der Waals surface area (Å²) in [4.78, 5) is 11.4. The van der Waals surface area contributed by atoms with Crippen molar-refractivity contribution >= 4 is 5.78 Å². The SMILES string of the molecule is C[C@@H](N/C=C1\CCCC1=O)c1ccccc1. The Hall–Kier alpha value is -1.57. The van der Waals surface area contributed by atoms with Crippen molar-refractivity contribution in [2.75, 3.05) is 0 Å². The molecule has 1 fully saturated rings. The molecule has 0 spiro atoms. The fourth-order valence-corrected chi connectivity index (χ4v) is 1.96. The van der Waals surface area contributed by atoms with Gasteiger partial charge in [-0.25, -0.2) is 0 Å². The lowest BCUT2D eigenvalue weighted by Gasteiger charge is -2.12. The van der Waals surface area contributed by atoms with E-state index in [9.17, 15) is 4.79 Å². The Bertz CT molecular complexity index is 394. The molecule has 0 aromatic heterocycles. The van der Waals surface area contributed by atoms with E-state index in [0.29, 0.717) is 12.2 Å². The van der Waals surface area contributed by atoms with Crippen molar-refractivity contribution in [3.05, 3.63) is 47.7 Å². The van der Waals surface area contributed by atoms with E-state index >= 15 is 0 Å². The molecule has 2 rings (SSSR count). The molecule has 0 saturated heterocycles. The zero-order valence-electron chi connectivity index (χ0n) is 9.57. The first-order chi connectivity index (χ1) is 7.77. The molecule has 0 aliphatic heterocycles. The minimum atomic E-state index is 0.252. The molecule has 2 heteroatoms. The lowest BCUT2D eigenvalue weighted by molar-refractivity contribution is -0.114. The summed E-state index contributed by atoms with van der Waals surface area (Å²) in [5.74, 6) is 0.299. The molecule has 0 heterocycles. The van der Waals surface area contributed by atoms with Crippen LogP contribution in [0.4, 0.5) is 0 Å². The Morgan fingerprint density at radius 1 is 1.25 bits per heavy atom. The van der Waals surface area contributed by atoms with E-state index in [-0.39, 0.29) is 6.04 Å². The van der Waals surface area contributed by atoms with E-state index in [1.54, 1.807) is 0 Å². The molecule has 1 saturated carbocycles. The van der Waals surface area contributed by atoms with Gasteiger partial charge in [0.2, 0.25) is 0 Å². The highest BCUT2D eigenvalue weighted by Crippen LogP contribution is 2.20. The van der Waals surface area contributed by atoms with E-state index < -0.39 is 0 Å². The molecule has 1 aliphatic rings. The van der Waals surface area contributed by atoms with Crippen molar-refractivity contribution in [3.8, 4) is 0 Å². The van der Waals surface area contributed by atoms with Gasteiger partial charge in [-0.05, 0) is 25.3 Å². The summed E-state index contributed by atoms with van der Waals surface area (Å²) < 4.78 is 0. The summed E-state index contributed by atoms with van der Waals surface area (Å²) in [6.45, 7) is 2.10. The largest absolute Gasteiger partial charge is 0.384 e. The van der Waals surface area contributed by atoms with Gasteiger partial charge in [0.1, 0.15) is 0 Å². The molecule has 0 amide bonds. The fourth-order valence-electron chi connectivity index (χ4n) is 1.96. The standard InChI is InChI=1S/C14H17NO/c1-11(12-6-3-2-4-7-12)15-10-13-8-5-9-14(13)16/h2-4,6-7,10-11,15H,5,8-9H2,1H3/b13-10+/t11-/m1/s1. The smallest absolute Gasteiger partial charge is 0.160 e. The predicted molar refractivity (Wildman–Crippen MR) is 64.9 cm³/mol. The quantitative estimate of drug-likeness (QED) is 0.785. The predicted octanol–water partition coefficient (Wildman–Crippen LogP) is 2.97. The van der Waals surface area contributed by atoms with Gasteiger partial charge in [-0.1, -0.05) is 30.3 Å². The Labute approximate surface area is 96.4 Å². The highest BCUT2D eigenvalue weighted by Gasteiger charge is 2.16. The van der Waals surface area contributed by atoms with Crippen LogP contribution in [0.3, 0.4) is 0 Å². The average Bonchev–Trinajstić information content (AvgIpc) is 2.73. The van der Waals surface area contributed by atoms with Crippen LogP contribution in [0.15, 0.2) is 42.1 Å². The molecule has 1 atom stereocenters. The first kappa shape index (κ1) is 10.9. The molecule has 0 radical (unpaired) electrons. The molecular weight excluding hydrogens is 198 g/mol. The van der Waals surface area contributed by atoms with Crippen LogP contribution in [-0.4, -0.2) is 5.78 Å². The second kappa shape index (κ2) is 4.97. The molecule has 2 nitrogen and oxygen atoms in total. The van der Waals surface area contributed by atoms with E-state index in [4.69, 9.17) is 0 Å². The van der Waals surface area contributed by atoms with Gasteiger partial charge in [0.05, 0.1) is 0 Å². The van der Waals surface area contributed by atoms with Crippen LogP contribution in [0.5, 0.6) is 0 Å². The number of nitrogens with one attached hydrogen (secondary N) is 1. The number of carbonyl (C=O) groups excluding carboxylic acids is 1. The summed E-state index contributed by atoms with van der Waals surface area (Å²) in [5, 5.41) is 3.29. The van der Waals surface area contributed by atoms with E-state index in [2.05, 4.69) is 24.4 Å². The first-order valence-corrected chi connectivity index (χ1v) is 5.80. The van der Waals surface area contributed by atoms with E-state index in [0.717, 1.165) is 18.4 Å². The summed E-state index contributed by atoms with van der Waals surface area (Å²) in [6.07, 6.45) is 4.54. The number of carbonyl (C=O) groups is 1. The van der Waals surface area contributed by atoms with Gasteiger partial charge in [0, 0.05) is 24.2 Å². The third-order valence-electron chi connectivity index (χ3n) is 3.02.